The largest absolute Gasteiger partial charge is 0.264 e. The SMILES string of the molecule is N#C/C(=C(/Cl)c1cccc(Cl)c1Cl)c1cccnc1. The minimum atomic E-state index is 0.253. The van der Waals surface area contributed by atoms with Crippen molar-refractivity contribution >= 4 is 45.4 Å². The Morgan fingerprint density at radius 2 is 1.95 bits per heavy atom. The molecule has 0 saturated heterocycles. The van der Waals surface area contributed by atoms with Crippen molar-refractivity contribution in [2.24, 2.45) is 0 Å². The molecule has 2 nitrogen and oxygen atoms in total. The van der Waals surface area contributed by atoms with Gasteiger partial charge in [-0.2, -0.15) is 5.26 Å². The van der Waals surface area contributed by atoms with Gasteiger partial charge in [0.1, 0.15) is 6.07 Å². The Bertz CT molecular complexity index is 673. The number of hydrogen-bond acceptors (Lipinski definition) is 2. The van der Waals surface area contributed by atoms with E-state index in [1.165, 1.54) is 0 Å². The molecule has 1 heterocycles. The summed E-state index contributed by atoms with van der Waals surface area (Å²) < 4.78 is 0. The smallest absolute Gasteiger partial charge is 0.101 e. The Morgan fingerprint density at radius 1 is 1.16 bits per heavy atom. The van der Waals surface area contributed by atoms with Gasteiger partial charge in [0.15, 0.2) is 0 Å². The molecule has 5 heteroatoms. The number of hydrogen-bond donors (Lipinski definition) is 0. The molecule has 0 fully saturated rings. The van der Waals surface area contributed by atoms with Gasteiger partial charge in [0.25, 0.3) is 0 Å². The molecular formula is C14H7Cl3N2. The summed E-state index contributed by atoms with van der Waals surface area (Å²) in [5, 5.41) is 10.2. The third kappa shape index (κ3) is 2.90. The summed E-state index contributed by atoms with van der Waals surface area (Å²) >= 11 is 18.3. The van der Waals surface area contributed by atoms with E-state index in [4.69, 9.17) is 34.8 Å². The van der Waals surface area contributed by atoms with Gasteiger partial charge in [-0.05, 0) is 12.1 Å². The van der Waals surface area contributed by atoms with Gasteiger partial charge in [-0.3, -0.25) is 4.98 Å². The van der Waals surface area contributed by atoms with Gasteiger partial charge in [-0.1, -0.05) is 53.0 Å². The summed E-state index contributed by atoms with van der Waals surface area (Å²) in [4.78, 5) is 3.97. The van der Waals surface area contributed by atoms with E-state index in [0.717, 1.165) is 0 Å². The summed E-state index contributed by atoms with van der Waals surface area (Å²) in [6, 6.07) is 10.7. The topological polar surface area (TPSA) is 36.7 Å². The lowest BCUT2D eigenvalue weighted by atomic mass is 10.1. The second-order valence-electron chi connectivity index (χ2n) is 3.64. The van der Waals surface area contributed by atoms with E-state index in [-0.39, 0.29) is 5.03 Å². The molecule has 19 heavy (non-hydrogen) atoms. The van der Waals surface area contributed by atoms with Crippen LogP contribution in [0.5, 0.6) is 0 Å². The molecule has 2 rings (SSSR count). The average molecular weight is 310 g/mol. The molecular weight excluding hydrogens is 303 g/mol. The fourth-order valence-electron chi connectivity index (χ4n) is 1.56. The Morgan fingerprint density at radius 3 is 2.58 bits per heavy atom. The van der Waals surface area contributed by atoms with Crippen molar-refractivity contribution in [1.29, 1.82) is 5.26 Å². The van der Waals surface area contributed by atoms with Crippen molar-refractivity contribution in [3.63, 3.8) is 0 Å². The molecule has 0 aliphatic carbocycles. The van der Waals surface area contributed by atoms with Crippen molar-refractivity contribution in [3.05, 3.63) is 63.9 Å². The van der Waals surface area contributed by atoms with Crippen LogP contribution in [0.4, 0.5) is 0 Å². The summed E-state index contributed by atoms with van der Waals surface area (Å²) in [6.07, 6.45) is 3.19. The van der Waals surface area contributed by atoms with Gasteiger partial charge in [0.05, 0.1) is 20.7 Å². The molecule has 0 spiro atoms. The molecule has 2 aromatic rings. The number of pyridine rings is 1. The zero-order valence-electron chi connectivity index (χ0n) is 9.57. The predicted octanol–water partition coefficient (Wildman–Crippen LogP) is 5.02. The quantitative estimate of drug-likeness (QED) is 0.730. The second-order valence-corrected chi connectivity index (χ2v) is 4.81. The lowest BCUT2D eigenvalue weighted by molar-refractivity contribution is 1.31. The maximum atomic E-state index is 9.28. The van der Waals surface area contributed by atoms with Gasteiger partial charge in [-0.15, -0.1) is 0 Å². The first-order chi connectivity index (χ1) is 9.15. The standard InChI is InChI=1S/C14H7Cl3N2/c15-12-5-1-4-10(14(12)17)13(16)11(7-18)9-3-2-6-19-8-9/h1-6,8H/b13-11-. The van der Waals surface area contributed by atoms with Crippen molar-refractivity contribution in [2.45, 2.75) is 0 Å². The zero-order valence-corrected chi connectivity index (χ0v) is 11.8. The first kappa shape index (κ1) is 13.9. The van der Waals surface area contributed by atoms with Crippen LogP contribution in [0.1, 0.15) is 11.1 Å². The van der Waals surface area contributed by atoms with E-state index in [2.05, 4.69) is 11.1 Å². The number of nitrogens with zero attached hydrogens (tertiary/aromatic N) is 2. The summed E-state index contributed by atoms with van der Waals surface area (Å²) in [5.74, 6) is 0. The fourth-order valence-corrected chi connectivity index (χ4v) is 2.31. The average Bonchev–Trinajstić information content (AvgIpc) is 2.44. The van der Waals surface area contributed by atoms with Crippen molar-refractivity contribution in [1.82, 2.24) is 4.98 Å². The predicted molar refractivity (Wildman–Crippen MR) is 79.0 cm³/mol. The van der Waals surface area contributed by atoms with Crippen LogP contribution in [0, 0.1) is 11.3 Å². The highest BCUT2D eigenvalue weighted by atomic mass is 35.5. The van der Waals surface area contributed by atoms with Gasteiger partial charge < -0.3 is 0 Å². The van der Waals surface area contributed by atoms with Crippen LogP contribution in [0.3, 0.4) is 0 Å². The number of rotatable bonds is 2. The number of nitriles is 1. The van der Waals surface area contributed by atoms with E-state index < -0.39 is 0 Å². The maximum Gasteiger partial charge on any atom is 0.101 e. The van der Waals surface area contributed by atoms with Gasteiger partial charge in [-0.25, -0.2) is 0 Å². The minimum Gasteiger partial charge on any atom is -0.264 e. The van der Waals surface area contributed by atoms with Gasteiger partial charge >= 0.3 is 0 Å². The fraction of sp³-hybridized carbons (Fsp3) is 0. The van der Waals surface area contributed by atoms with Crippen LogP contribution < -0.4 is 0 Å². The Balaban J connectivity index is 2.63. The zero-order chi connectivity index (χ0) is 13.8. The van der Waals surface area contributed by atoms with Crippen LogP contribution in [-0.2, 0) is 0 Å². The molecule has 0 N–H and O–H groups in total. The van der Waals surface area contributed by atoms with Crippen molar-refractivity contribution in [3.8, 4) is 6.07 Å². The first-order valence-electron chi connectivity index (χ1n) is 5.29. The second kappa shape index (κ2) is 6.08. The van der Waals surface area contributed by atoms with Crippen LogP contribution in [0.15, 0.2) is 42.7 Å². The van der Waals surface area contributed by atoms with E-state index in [1.54, 1.807) is 42.7 Å². The summed E-state index contributed by atoms with van der Waals surface area (Å²) in [7, 11) is 0. The molecule has 0 atom stereocenters. The number of benzene rings is 1. The lowest BCUT2D eigenvalue weighted by Gasteiger charge is -2.07. The molecule has 0 unspecified atom stereocenters. The lowest BCUT2D eigenvalue weighted by Crippen LogP contribution is -1.88. The molecule has 1 aromatic carbocycles. The Labute approximate surface area is 125 Å². The monoisotopic (exact) mass is 308 g/mol. The third-order valence-electron chi connectivity index (χ3n) is 2.47. The summed E-state index contributed by atoms with van der Waals surface area (Å²) in [5.41, 5.74) is 1.46. The molecule has 0 bridgehead atoms. The van der Waals surface area contributed by atoms with Crippen molar-refractivity contribution < 1.29 is 0 Å². The van der Waals surface area contributed by atoms with Crippen LogP contribution in [0.25, 0.3) is 10.6 Å². The molecule has 94 valence electrons. The van der Waals surface area contributed by atoms with Crippen LogP contribution in [-0.4, -0.2) is 4.98 Å². The van der Waals surface area contributed by atoms with Gasteiger partial charge in [0.2, 0.25) is 0 Å². The molecule has 0 aliphatic rings. The highest BCUT2D eigenvalue weighted by Crippen LogP contribution is 2.36. The molecule has 0 amide bonds. The molecule has 0 saturated carbocycles. The minimum absolute atomic E-state index is 0.253. The van der Waals surface area contributed by atoms with Crippen LogP contribution >= 0.6 is 34.8 Å². The highest BCUT2D eigenvalue weighted by molar-refractivity contribution is 6.55. The first-order valence-corrected chi connectivity index (χ1v) is 6.43. The van der Waals surface area contributed by atoms with Gasteiger partial charge in [0, 0.05) is 23.5 Å². The molecule has 0 radical (unpaired) electrons. The number of aromatic nitrogens is 1. The van der Waals surface area contributed by atoms with E-state index in [1.807, 2.05) is 0 Å². The van der Waals surface area contributed by atoms with E-state index >= 15 is 0 Å². The highest BCUT2D eigenvalue weighted by Gasteiger charge is 2.13. The Kier molecular flexibility index (Phi) is 4.44. The molecule has 1 aromatic heterocycles. The Hall–Kier alpha value is -1.53. The normalized spacial score (nSPS) is 11.7. The van der Waals surface area contributed by atoms with E-state index in [9.17, 15) is 5.26 Å². The number of halogens is 3. The van der Waals surface area contributed by atoms with E-state index in [0.29, 0.717) is 26.7 Å². The number of allylic oxidation sites excluding steroid dienone is 1. The maximum absolute atomic E-state index is 9.28. The third-order valence-corrected chi connectivity index (χ3v) is 3.68. The van der Waals surface area contributed by atoms with Crippen LogP contribution in [0.2, 0.25) is 10.0 Å². The summed E-state index contributed by atoms with van der Waals surface area (Å²) in [6.45, 7) is 0. The molecule has 0 aliphatic heterocycles. The van der Waals surface area contributed by atoms with Crippen molar-refractivity contribution in [2.75, 3.05) is 0 Å².